The predicted octanol–water partition coefficient (Wildman–Crippen LogP) is 2.30. The molecule has 2 heterocycles. The first-order valence-electron chi connectivity index (χ1n) is 8.67. The molecule has 1 N–H and O–H groups in total. The molecular weight excluding hydrogens is 328 g/mol. The molecular formula is C18H23F2N3O2. The molecule has 0 saturated carbocycles. The third-order valence-electron chi connectivity index (χ3n) is 5.01. The molecule has 7 heteroatoms. The summed E-state index contributed by atoms with van der Waals surface area (Å²) in [4.78, 5) is 28.1. The van der Waals surface area contributed by atoms with Crippen LogP contribution in [-0.2, 0) is 11.2 Å². The first kappa shape index (κ1) is 17.6. The van der Waals surface area contributed by atoms with Crippen molar-refractivity contribution in [3.05, 3.63) is 35.4 Å². The molecule has 3 rings (SSSR count). The molecule has 2 aliphatic heterocycles. The van der Waals surface area contributed by atoms with Gasteiger partial charge in [0.15, 0.2) is 0 Å². The highest BCUT2D eigenvalue weighted by atomic mass is 19.1. The van der Waals surface area contributed by atoms with Crippen LogP contribution in [0.1, 0.15) is 32.3 Å². The second-order valence-electron chi connectivity index (χ2n) is 6.99. The van der Waals surface area contributed by atoms with Gasteiger partial charge in [0.2, 0.25) is 5.91 Å². The summed E-state index contributed by atoms with van der Waals surface area (Å²) in [7, 11) is 0. The Labute approximate surface area is 146 Å². The van der Waals surface area contributed by atoms with Crippen molar-refractivity contribution in [1.29, 1.82) is 0 Å². The zero-order valence-corrected chi connectivity index (χ0v) is 14.5. The molecule has 2 saturated heterocycles. The van der Waals surface area contributed by atoms with E-state index in [9.17, 15) is 18.4 Å². The zero-order chi connectivity index (χ0) is 18.1. The van der Waals surface area contributed by atoms with Gasteiger partial charge in [0, 0.05) is 31.6 Å². The lowest BCUT2D eigenvalue weighted by Crippen LogP contribution is -2.53. The second-order valence-corrected chi connectivity index (χ2v) is 6.99. The number of nitrogens with zero attached hydrogens (tertiary/aromatic N) is 2. The average molecular weight is 351 g/mol. The van der Waals surface area contributed by atoms with Crippen molar-refractivity contribution in [2.75, 3.05) is 13.1 Å². The molecule has 1 aromatic carbocycles. The largest absolute Gasteiger partial charge is 0.340 e. The molecule has 2 atom stereocenters. The van der Waals surface area contributed by atoms with E-state index in [1.165, 1.54) is 12.1 Å². The summed E-state index contributed by atoms with van der Waals surface area (Å²) in [5.41, 5.74) is 0.338. The fourth-order valence-corrected chi connectivity index (χ4v) is 3.77. The van der Waals surface area contributed by atoms with Gasteiger partial charge in [-0.15, -0.1) is 0 Å². The maximum Gasteiger partial charge on any atom is 0.318 e. The molecule has 0 aromatic heterocycles. The number of carbonyl (C=O) groups is 2. The van der Waals surface area contributed by atoms with Gasteiger partial charge in [0.25, 0.3) is 0 Å². The highest BCUT2D eigenvalue weighted by Gasteiger charge is 2.44. The lowest BCUT2D eigenvalue weighted by molar-refractivity contribution is -0.132. The number of rotatable bonds is 4. The smallest absolute Gasteiger partial charge is 0.318 e. The van der Waals surface area contributed by atoms with E-state index in [0.717, 1.165) is 12.5 Å². The Balaban J connectivity index is 1.57. The van der Waals surface area contributed by atoms with Gasteiger partial charge < -0.3 is 15.1 Å². The van der Waals surface area contributed by atoms with Crippen LogP contribution in [0.3, 0.4) is 0 Å². The van der Waals surface area contributed by atoms with Crippen molar-refractivity contribution >= 4 is 11.9 Å². The number of hydrogen-bond donors (Lipinski definition) is 1. The summed E-state index contributed by atoms with van der Waals surface area (Å²) >= 11 is 0. The third kappa shape index (κ3) is 3.60. The second kappa shape index (κ2) is 6.98. The summed E-state index contributed by atoms with van der Waals surface area (Å²) in [6, 6.07) is 3.51. The number of fused-ring (bicyclic) bond motifs is 1. The molecule has 25 heavy (non-hydrogen) atoms. The number of likely N-dealkylation sites (tertiary alicyclic amines) is 1. The molecule has 0 aliphatic carbocycles. The summed E-state index contributed by atoms with van der Waals surface area (Å²) < 4.78 is 26.6. The van der Waals surface area contributed by atoms with E-state index in [-0.39, 0.29) is 42.9 Å². The molecule has 0 bridgehead atoms. The zero-order valence-electron chi connectivity index (χ0n) is 14.5. The fourth-order valence-electron chi connectivity index (χ4n) is 3.77. The van der Waals surface area contributed by atoms with Gasteiger partial charge in [-0.1, -0.05) is 6.07 Å². The van der Waals surface area contributed by atoms with Gasteiger partial charge in [-0.25, -0.2) is 13.6 Å². The lowest BCUT2D eigenvalue weighted by Gasteiger charge is -2.38. The van der Waals surface area contributed by atoms with Gasteiger partial charge in [-0.3, -0.25) is 4.79 Å². The van der Waals surface area contributed by atoms with Crippen molar-refractivity contribution in [2.24, 2.45) is 0 Å². The molecule has 0 radical (unpaired) electrons. The Kier molecular flexibility index (Phi) is 4.92. The van der Waals surface area contributed by atoms with E-state index in [0.29, 0.717) is 18.7 Å². The minimum Gasteiger partial charge on any atom is -0.340 e. The average Bonchev–Trinajstić information content (AvgIpc) is 2.88. The Morgan fingerprint density at radius 3 is 2.80 bits per heavy atom. The van der Waals surface area contributed by atoms with Crippen molar-refractivity contribution in [3.8, 4) is 0 Å². The van der Waals surface area contributed by atoms with Crippen molar-refractivity contribution in [1.82, 2.24) is 15.1 Å². The van der Waals surface area contributed by atoms with E-state index >= 15 is 0 Å². The summed E-state index contributed by atoms with van der Waals surface area (Å²) in [6.07, 6.45) is 1.14. The number of benzene rings is 1. The number of urea groups is 1. The Bertz CT molecular complexity index is 680. The fraction of sp³-hybridized carbons (Fsp3) is 0.556. The topological polar surface area (TPSA) is 52.7 Å². The van der Waals surface area contributed by atoms with Crippen LogP contribution in [0.5, 0.6) is 0 Å². The normalized spacial score (nSPS) is 23.0. The summed E-state index contributed by atoms with van der Waals surface area (Å²) in [5.74, 6) is -1.32. The van der Waals surface area contributed by atoms with Crippen molar-refractivity contribution < 1.29 is 18.4 Å². The first-order valence-corrected chi connectivity index (χ1v) is 8.67. The number of piperidine rings is 1. The molecule has 136 valence electrons. The number of aryl methyl sites for hydroxylation is 1. The van der Waals surface area contributed by atoms with Gasteiger partial charge in [0.1, 0.15) is 11.6 Å². The molecule has 0 spiro atoms. The Morgan fingerprint density at radius 1 is 1.36 bits per heavy atom. The van der Waals surface area contributed by atoms with E-state index in [1.807, 2.05) is 18.7 Å². The molecule has 2 fully saturated rings. The van der Waals surface area contributed by atoms with Crippen LogP contribution in [0, 0.1) is 11.6 Å². The SMILES string of the molecule is CC(C)N1C(=O)N[C@@H]2CN(C(=O)CCc3ccc(F)cc3F)CC[C@@H]21. The van der Waals surface area contributed by atoms with Crippen LogP contribution in [0.2, 0.25) is 0 Å². The van der Waals surface area contributed by atoms with Gasteiger partial charge in [-0.2, -0.15) is 0 Å². The molecule has 1 aromatic rings. The standard InChI is InChI=1S/C18H23F2N3O2/c1-11(2)23-16-7-8-22(10-15(16)21-18(23)25)17(24)6-4-12-3-5-13(19)9-14(12)20/h3,5,9,11,15-16H,4,6-8,10H2,1-2H3,(H,21,25)/t15-,16+/m1/s1. The number of nitrogens with one attached hydrogen (secondary N) is 1. The van der Waals surface area contributed by atoms with Crippen LogP contribution in [-0.4, -0.2) is 53.0 Å². The lowest BCUT2D eigenvalue weighted by atomic mass is 9.98. The highest BCUT2D eigenvalue weighted by Crippen LogP contribution is 2.25. The van der Waals surface area contributed by atoms with Crippen LogP contribution in [0.15, 0.2) is 18.2 Å². The molecule has 3 amide bonds. The van der Waals surface area contributed by atoms with Crippen LogP contribution in [0.25, 0.3) is 0 Å². The highest BCUT2D eigenvalue weighted by molar-refractivity contribution is 5.80. The molecule has 0 unspecified atom stereocenters. The molecule has 5 nitrogen and oxygen atoms in total. The third-order valence-corrected chi connectivity index (χ3v) is 5.01. The number of carbonyl (C=O) groups excluding carboxylic acids is 2. The van der Waals surface area contributed by atoms with Gasteiger partial charge in [-0.05, 0) is 38.3 Å². The van der Waals surface area contributed by atoms with Gasteiger partial charge in [0.05, 0.1) is 12.1 Å². The van der Waals surface area contributed by atoms with Gasteiger partial charge >= 0.3 is 6.03 Å². The maximum absolute atomic E-state index is 13.7. The minimum absolute atomic E-state index is 0.0600. The van der Waals surface area contributed by atoms with E-state index in [1.54, 1.807) is 4.90 Å². The number of amides is 3. The predicted molar refractivity (Wildman–Crippen MR) is 89.0 cm³/mol. The first-order chi connectivity index (χ1) is 11.9. The number of hydrogen-bond acceptors (Lipinski definition) is 2. The quantitative estimate of drug-likeness (QED) is 0.905. The summed E-state index contributed by atoms with van der Waals surface area (Å²) in [5, 5.41) is 2.95. The van der Waals surface area contributed by atoms with Crippen LogP contribution in [0.4, 0.5) is 13.6 Å². The van der Waals surface area contributed by atoms with E-state index in [4.69, 9.17) is 0 Å². The van der Waals surface area contributed by atoms with Crippen LogP contribution >= 0.6 is 0 Å². The van der Waals surface area contributed by atoms with Crippen LogP contribution < -0.4 is 5.32 Å². The minimum atomic E-state index is -0.624. The van der Waals surface area contributed by atoms with E-state index in [2.05, 4.69) is 5.32 Å². The molecule has 2 aliphatic rings. The monoisotopic (exact) mass is 351 g/mol. The van der Waals surface area contributed by atoms with Crippen molar-refractivity contribution in [3.63, 3.8) is 0 Å². The Morgan fingerprint density at radius 2 is 2.12 bits per heavy atom. The van der Waals surface area contributed by atoms with Crippen molar-refractivity contribution in [2.45, 2.75) is 51.2 Å². The Hall–Kier alpha value is -2.18. The van der Waals surface area contributed by atoms with E-state index < -0.39 is 11.6 Å². The number of halogens is 2. The summed E-state index contributed by atoms with van der Waals surface area (Å²) in [6.45, 7) is 5.03. The maximum atomic E-state index is 13.7.